The highest BCUT2D eigenvalue weighted by atomic mass is 16.3. The number of pyridine rings is 2. The molecule has 1 fully saturated rings. The molecule has 8 heteroatoms. The maximum atomic E-state index is 12.9. The van der Waals surface area contributed by atoms with Gasteiger partial charge in [-0.25, -0.2) is 4.98 Å². The van der Waals surface area contributed by atoms with Crippen molar-refractivity contribution in [1.82, 2.24) is 14.9 Å². The molecule has 1 aliphatic rings. The summed E-state index contributed by atoms with van der Waals surface area (Å²) >= 11 is 0. The van der Waals surface area contributed by atoms with Crippen LogP contribution >= 0.6 is 0 Å². The number of likely N-dealkylation sites (tertiary alicyclic amines) is 1. The van der Waals surface area contributed by atoms with Gasteiger partial charge in [-0.2, -0.15) is 0 Å². The molecule has 3 aromatic heterocycles. The summed E-state index contributed by atoms with van der Waals surface area (Å²) in [6.45, 7) is 4.87. The lowest BCUT2D eigenvalue weighted by molar-refractivity contribution is -0.114. The SMILES string of the molecule is Cc1cc(-c2ccc(C(=O)N3CCC(C)(O)CC3)cn2)cc2cc(CCC(=O)/C=C/c3ccc(N)nc3)oc12. The molecule has 0 atom stereocenters. The Morgan fingerprint density at radius 3 is 2.59 bits per heavy atom. The van der Waals surface area contributed by atoms with Crippen molar-refractivity contribution in [1.29, 1.82) is 0 Å². The highest BCUT2D eigenvalue weighted by Crippen LogP contribution is 2.30. The van der Waals surface area contributed by atoms with Crippen molar-refractivity contribution in [2.24, 2.45) is 0 Å². The average Bonchev–Trinajstić information content (AvgIpc) is 3.35. The van der Waals surface area contributed by atoms with E-state index in [0.717, 1.165) is 39.1 Å². The number of nitrogens with zero attached hydrogens (tertiary/aromatic N) is 3. The van der Waals surface area contributed by atoms with Gasteiger partial charge in [-0.05, 0) is 92.4 Å². The van der Waals surface area contributed by atoms with Crippen LogP contribution < -0.4 is 5.73 Å². The number of fused-ring (bicyclic) bond motifs is 1. The number of ketones is 1. The van der Waals surface area contributed by atoms with Crippen LogP contribution in [0.15, 0.2) is 65.4 Å². The Labute approximate surface area is 227 Å². The number of amides is 1. The quantitative estimate of drug-likeness (QED) is 0.327. The molecule has 0 radical (unpaired) electrons. The van der Waals surface area contributed by atoms with E-state index >= 15 is 0 Å². The molecule has 39 heavy (non-hydrogen) atoms. The minimum Gasteiger partial charge on any atom is -0.461 e. The molecule has 3 N–H and O–H groups in total. The Balaban J connectivity index is 1.24. The van der Waals surface area contributed by atoms with Gasteiger partial charge in [-0.1, -0.05) is 0 Å². The number of anilines is 1. The van der Waals surface area contributed by atoms with Gasteiger partial charge in [0.25, 0.3) is 5.91 Å². The summed E-state index contributed by atoms with van der Waals surface area (Å²) in [7, 11) is 0. The van der Waals surface area contributed by atoms with E-state index in [1.54, 1.807) is 41.6 Å². The van der Waals surface area contributed by atoms with Crippen LogP contribution in [0, 0.1) is 6.92 Å². The zero-order chi connectivity index (χ0) is 27.6. The van der Waals surface area contributed by atoms with Crippen molar-refractivity contribution in [2.45, 2.75) is 45.1 Å². The predicted octanol–water partition coefficient (Wildman–Crippen LogP) is 4.98. The summed E-state index contributed by atoms with van der Waals surface area (Å²) in [5.74, 6) is 1.12. The molecule has 5 rings (SSSR count). The summed E-state index contributed by atoms with van der Waals surface area (Å²) in [5, 5.41) is 11.1. The van der Waals surface area contributed by atoms with Crippen molar-refractivity contribution < 1.29 is 19.1 Å². The zero-order valence-electron chi connectivity index (χ0n) is 22.2. The molecular formula is C31H32N4O4. The van der Waals surface area contributed by atoms with Crippen molar-refractivity contribution in [2.75, 3.05) is 18.8 Å². The van der Waals surface area contributed by atoms with Gasteiger partial charge >= 0.3 is 0 Å². The van der Waals surface area contributed by atoms with E-state index in [4.69, 9.17) is 10.2 Å². The molecule has 0 unspecified atom stereocenters. The Bertz CT molecular complexity index is 1530. The van der Waals surface area contributed by atoms with E-state index in [9.17, 15) is 14.7 Å². The minimum atomic E-state index is -0.703. The first-order valence-corrected chi connectivity index (χ1v) is 13.1. The summed E-state index contributed by atoms with van der Waals surface area (Å²) in [6, 6.07) is 13.2. The number of carbonyl (C=O) groups excluding carboxylic acids is 2. The van der Waals surface area contributed by atoms with Crippen molar-refractivity contribution in [3.63, 3.8) is 0 Å². The summed E-state index contributed by atoms with van der Waals surface area (Å²) in [6.07, 6.45) is 8.49. The first-order valence-electron chi connectivity index (χ1n) is 13.1. The maximum absolute atomic E-state index is 12.9. The number of hydrogen-bond acceptors (Lipinski definition) is 7. The molecule has 200 valence electrons. The van der Waals surface area contributed by atoms with Crippen LogP contribution in [-0.4, -0.2) is 50.4 Å². The molecule has 0 aliphatic carbocycles. The van der Waals surface area contributed by atoms with Crippen LogP contribution in [0.2, 0.25) is 0 Å². The number of aryl methyl sites for hydroxylation is 2. The molecule has 1 aliphatic heterocycles. The standard InChI is InChI=1S/C31H32N4O4/c1-20-15-23(27-9-5-22(19-33-27)30(37)35-13-11-31(2,38)12-14-35)16-24-17-26(39-29(20)24)8-7-25(36)6-3-21-4-10-28(32)34-18-21/h3-6,9-10,15-19,38H,7-8,11-14H2,1-2H3,(H2,32,34)/b6-3+. The Morgan fingerprint density at radius 2 is 1.90 bits per heavy atom. The van der Waals surface area contributed by atoms with Gasteiger partial charge in [0, 0.05) is 49.3 Å². The number of nitrogens with two attached hydrogens (primary N) is 1. The second-order valence-corrected chi connectivity index (χ2v) is 10.5. The Morgan fingerprint density at radius 1 is 1.10 bits per heavy atom. The third-order valence-electron chi connectivity index (χ3n) is 7.18. The van der Waals surface area contributed by atoms with E-state index in [0.29, 0.717) is 50.2 Å². The van der Waals surface area contributed by atoms with Gasteiger partial charge in [-0.15, -0.1) is 0 Å². The van der Waals surface area contributed by atoms with E-state index in [1.165, 1.54) is 0 Å². The highest BCUT2D eigenvalue weighted by molar-refractivity contribution is 5.95. The number of nitrogen functional groups attached to an aromatic ring is 1. The van der Waals surface area contributed by atoms with Crippen LogP contribution in [0.1, 0.15) is 53.4 Å². The van der Waals surface area contributed by atoms with Gasteiger partial charge in [-0.3, -0.25) is 14.6 Å². The number of aromatic nitrogens is 2. The van der Waals surface area contributed by atoms with Crippen molar-refractivity contribution in [3.8, 4) is 11.3 Å². The lowest BCUT2D eigenvalue weighted by atomic mass is 9.93. The predicted molar refractivity (Wildman–Crippen MR) is 151 cm³/mol. The van der Waals surface area contributed by atoms with E-state index < -0.39 is 5.60 Å². The van der Waals surface area contributed by atoms with E-state index in [-0.39, 0.29) is 11.7 Å². The molecule has 1 amide bonds. The van der Waals surface area contributed by atoms with Crippen LogP contribution in [0.5, 0.6) is 0 Å². The largest absolute Gasteiger partial charge is 0.461 e. The van der Waals surface area contributed by atoms with Crippen molar-refractivity contribution in [3.05, 3.63) is 83.4 Å². The van der Waals surface area contributed by atoms with Crippen LogP contribution in [0.25, 0.3) is 28.3 Å². The van der Waals surface area contributed by atoms with Crippen LogP contribution in [-0.2, 0) is 11.2 Å². The lowest BCUT2D eigenvalue weighted by Crippen LogP contribution is -2.45. The first-order chi connectivity index (χ1) is 18.7. The molecule has 1 aromatic carbocycles. The summed E-state index contributed by atoms with van der Waals surface area (Å²) in [5.41, 5.74) is 9.69. The fourth-order valence-electron chi connectivity index (χ4n) is 4.75. The van der Waals surface area contributed by atoms with Gasteiger partial charge < -0.3 is 20.2 Å². The lowest BCUT2D eigenvalue weighted by Gasteiger charge is -2.35. The fraction of sp³-hybridized carbons (Fsp3) is 0.290. The molecule has 8 nitrogen and oxygen atoms in total. The fourth-order valence-corrected chi connectivity index (χ4v) is 4.75. The van der Waals surface area contributed by atoms with Crippen molar-refractivity contribution >= 4 is 34.6 Å². The van der Waals surface area contributed by atoms with Gasteiger partial charge in [0.15, 0.2) is 5.78 Å². The molecular weight excluding hydrogens is 492 g/mol. The smallest absolute Gasteiger partial charge is 0.255 e. The number of benzene rings is 1. The second kappa shape index (κ2) is 10.8. The number of furan rings is 1. The number of piperidine rings is 1. The number of carbonyl (C=O) groups is 2. The molecule has 4 heterocycles. The number of rotatable bonds is 7. The average molecular weight is 525 g/mol. The van der Waals surface area contributed by atoms with Gasteiger partial charge in [0.2, 0.25) is 0 Å². The third kappa shape index (κ3) is 6.23. The summed E-state index contributed by atoms with van der Waals surface area (Å²) in [4.78, 5) is 35.6. The van der Waals surface area contributed by atoms with Crippen LogP contribution in [0.3, 0.4) is 0 Å². The molecule has 0 saturated carbocycles. The van der Waals surface area contributed by atoms with Gasteiger partial charge in [0.05, 0.1) is 16.9 Å². The number of hydrogen-bond donors (Lipinski definition) is 2. The topological polar surface area (TPSA) is 123 Å². The maximum Gasteiger partial charge on any atom is 0.255 e. The molecule has 0 spiro atoms. The number of allylic oxidation sites excluding steroid dienone is 1. The summed E-state index contributed by atoms with van der Waals surface area (Å²) < 4.78 is 6.06. The Kier molecular flexibility index (Phi) is 7.30. The molecule has 4 aromatic rings. The first kappa shape index (κ1) is 26.3. The molecule has 0 bridgehead atoms. The van der Waals surface area contributed by atoms with E-state index in [2.05, 4.69) is 9.97 Å². The normalized spacial score (nSPS) is 15.2. The van der Waals surface area contributed by atoms with Gasteiger partial charge in [0.1, 0.15) is 17.2 Å². The second-order valence-electron chi connectivity index (χ2n) is 10.5. The highest BCUT2D eigenvalue weighted by Gasteiger charge is 2.30. The minimum absolute atomic E-state index is 0.00143. The third-order valence-corrected chi connectivity index (χ3v) is 7.18. The van der Waals surface area contributed by atoms with E-state index in [1.807, 2.05) is 44.2 Å². The monoisotopic (exact) mass is 524 g/mol. The van der Waals surface area contributed by atoms with Crippen LogP contribution in [0.4, 0.5) is 5.82 Å². The molecule has 1 saturated heterocycles. The number of aliphatic hydroxyl groups is 1. The zero-order valence-corrected chi connectivity index (χ0v) is 22.2. The Hall–Kier alpha value is -4.30.